The van der Waals surface area contributed by atoms with E-state index in [1.807, 2.05) is 0 Å². The molecule has 0 spiro atoms. The molecule has 0 fully saturated rings. The van der Waals surface area contributed by atoms with E-state index >= 15 is 0 Å². The summed E-state index contributed by atoms with van der Waals surface area (Å²) in [5, 5.41) is 0. The molecule has 0 aromatic carbocycles. The Morgan fingerprint density at radius 2 is 2.42 bits per heavy atom. The van der Waals surface area contributed by atoms with Gasteiger partial charge in [0.15, 0.2) is 0 Å². The minimum Gasteiger partial charge on any atom is -0.327 e. The minimum atomic E-state index is 0.662. The van der Waals surface area contributed by atoms with Gasteiger partial charge in [0, 0.05) is 26.2 Å². The van der Waals surface area contributed by atoms with Crippen molar-refractivity contribution < 1.29 is 0 Å². The highest BCUT2D eigenvalue weighted by Gasteiger charge is 2.05. The fourth-order valence-electron chi connectivity index (χ4n) is 1.45. The number of rotatable bonds is 3. The van der Waals surface area contributed by atoms with Crippen LogP contribution in [0.3, 0.4) is 0 Å². The highest BCUT2D eigenvalue weighted by Crippen LogP contribution is 2.04. The van der Waals surface area contributed by atoms with Crippen LogP contribution in [0.5, 0.6) is 0 Å². The molecule has 68 valence electrons. The van der Waals surface area contributed by atoms with Crippen LogP contribution in [0.25, 0.3) is 0 Å². The lowest BCUT2D eigenvalue weighted by molar-refractivity contribution is 0.323. The smallest absolute Gasteiger partial charge is 0.0193 e. The molecule has 0 aromatic heterocycles. The first-order valence-corrected chi connectivity index (χ1v) is 4.56. The largest absolute Gasteiger partial charge is 0.327 e. The van der Waals surface area contributed by atoms with Crippen molar-refractivity contribution in [2.24, 2.45) is 5.73 Å². The van der Waals surface area contributed by atoms with Gasteiger partial charge in [-0.25, -0.2) is 0 Å². The Balaban J connectivity index is 2.30. The van der Waals surface area contributed by atoms with Crippen LogP contribution in [0, 0.1) is 0 Å². The zero-order valence-electron chi connectivity index (χ0n) is 7.79. The Labute approximate surface area is 74.7 Å². The summed E-state index contributed by atoms with van der Waals surface area (Å²) >= 11 is 0. The summed E-state index contributed by atoms with van der Waals surface area (Å²) in [6.45, 7) is 6.16. The van der Waals surface area contributed by atoms with Crippen LogP contribution >= 0.6 is 0 Å². The second kappa shape index (κ2) is 5.12. The zero-order chi connectivity index (χ0) is 8.81. The van der Waals surface area contributed by atoms with Crippen molar-refractivity contribution in [1.29, 1.82) is 0 Å². The lowest BCUT2D eigenvalue weighted by Gasteiger charge is -2.23. The number of hydrogen-bond acceptors (Lipinski definition) is 2. The SMILES string of the molecule is C/C(=C/CN)CN1CC=CCC1. The topological polar surface area (TPSA) is 29.3 Å². The van der Waals surface area contributed by atoms with E-state index in [9.17, 15) is 0 Å². The monoisotopic (exact) mass is 166 g/mol. The molecule has 0 unspecified atom stereocenters. The second-order valence-corrected chi connectivity index (χ2v) is 3.28. The Bertz CT molecular complexity index is 182. The van der Waals surface area contributed by atoms with Crippen molar-refractivity contribution in [2.45, 2.75) is 13.3 Å². The van der Waals surface area contributed by atoms with Crippen molar-refractivity contribution >= 4 is 0 Å². The highest BCUT2D eigenvalue weighted by molar-refractivity contribution is 5.03. The predicted molar refractivity (Wildman–Crippen MR) is 53.0 cm³/mol. The average Bonchev–Trinajstić information content (AvgIpc) is 2.06. The molecule has 0 aliphatic carbocycles. The van der Waals surface area contributed by atoms with Gasteiger partial charge < -0.3 is 5.73 Å². The standard InChI is InChI=1S/C10H18N2/c1-10(5-6-11)9-12-7-3-2-4-8-12/h2-3,5H,4,6-9,11H2,1H3/b10-5-. The van der Waals surface area contributed by atoms with E-state index in [1.165, 1.54) is 18.5 Å². The van der Waals surface area contributed by atoms with E-state index in [4.69, 9.17) is 5.73 Å². The fraction of sp³-hybridized carbons (Fsp3) is 0.600. The van der Waals surface area contributed by atoms with Gasteiger partial charge in [-0.1, -0.05) is 23.8 Å². The van der Waals surface area contributed by atoms with E-state index in [0.29, 0.717) is 6.54 Å². The first-order chi connectivity index (χ1) is 5.83. The van der Waals surface area contributed by atoms with Crippen molar-refractivity contribution in [3.63, 3.8) is 0 Å². The molecular weight excluding hydrogens is 148 g/mol. The Morgan fingerprint density at radius 1 is 1.58 bits per heavy atom. The molecule has 0 atom stereocenters. The van der Waals surface area contributed by atoms with Crippen LogP contribution in [-0.4, -0.2) is 31.1 Å². The molecule has 0 radical (unpaired) electrons. The van der Waals surface area contributed by atoms with Gasteiger partial charge in [0.1, 0.15) is 0 Å². The molecule has 2 heteroatoms. The van der Waals surface area contributed by atoms with Gasteiger partial charge in [-0.05, 0) is 13.3 Å². The molecule has 0 bridgehead atoms. The first-order valence-electron chi connectivity index (χ1n) is 4.56. The summed E-state index contributed by atoms with van der Waals surface area (Å²) < 4.78 is 0. The summed E-state index contributed by atoms with van der Waals surface area (Å²) in [7, 11) is 0. The highest BCUT2D eigenvalue weighted by atomic mass is 15.1. The van der Waals surface area contributed by atoms with Gasteiger partial charge in [-0.3, -0.25) is 4.90 Å². The van der Waals surface area contributed by atoms with Crippen molar-refractivity contribution in [3.8, 4) is 0 Å². The summed E-state index contributed by atoms with van der Waals surface area (Å²) in [5.41, 5.74) is 6.81. The van der Waals surface area contributed by atoms with Crippen LogP contribution in [-0.2, 0) is 0 Å². The molecule has 1 heterocycles. The van der Waals surface area contributed by atoms with Crippen LogP contribution in [0.4, 0.5) is 0 Å². The normalized spacial score (nSPS) is 20.0. The second-order valence-electron chi connectivity index (χ2n) is 3.28. The quantitative estimate of drug-likeness (QED) is 0.637. The van der Waals surface area contributed by atoms with Gasteiger partial charge in [0.2, 0.25) is 0 Å². The Kier molecular flexibility index (Phi) is 4.05. The van der Waals surface area contributed by atoms with Gasteiger partial charge >= 0.3 is 0 Å². The molecule has 2 nitrogen and oxygen atoms in total. The lowest BCUT2D eigenvalue weighted by atomic mass is 10.2. The van der Waals surface area contributed by atoms with Crippen molar-refractivity contribution in [1.82, 2.24) is 4.90 Å². The van der Waals surface area contributed by atoms with Gasteiger partial charge in [-0.15, -0.1) is 0 Å². The van der Waals surface area contributed by atoms with E-state index in [0.717, 1.165) is 13.1 Å². The molecule has 0 aromatic rings. The van der Waals surface area contributed by atoms with Crippen LogP contribution in [0.1, 0.15) is 13.3 Å². The third-order valence-electron chi connectivity index (χ3n) is 2.08. The van der Waals surface area contributed by atoms with E-state index in [1.54, 1.807) is 0 Å². The molecular formula is C10H18N2. The van der Waals surface area contributed by atoms with Crippen LogP contribution < -0.4 is 5.73 Å². The molecule has 0 amide bonds. The summed E-state index contributed by atoms with van der Waals surface area (Å²) in [6.07, 6.45) is 7.77. The van der Waals surface area contributed by atoms with E-state index in [-0.39, 0.29) is 0 Å². The predicted octanol–water partition coefficient (Wildman–Crippen LogP) is 1.15. The third kappa shape index (κ3) is 3.20. The number of nitrogens with zero attached hydrogens (tertiary/aromatic N) is 1. The molecule has 1 aliphatic heterocycles. The molecule has 2 N–H and O–H groups in total. The summed E-state index contributed by atoms with van der Waals surface area (Å²) in [6, 6.07) is 0. The molecule has 1 aliphatic rings. The molecule has 0 saturated carbocycles. The molecule has 12 heavy (non-hydrogen) atoms. The number of nitrogens with two attached hydrogens (primary N) is 1. The van der Waals surface area contributed by atoms with E-state index < -0.39 is 0 Å². The van der Waals surface area contributed by atoms with Crippen molar-refractivity contribution in [3.05, 3.63) is 23.8 Å². The van der Waals surface area contributed by atoms with Crippen LogP contribution in [0.2, 0.25) is 0 Å². The third-order valence-corrected chi connectivity index (χ3v) is 2.08. The Morgan fingerprint density at radius 3 is 3.00 bits per heavy atom. The molecule has 0 saturated heterocycles. The van der Waals surface area contributed by atoms with Crippen LogP contribution in [0.15, 0.2) is 23.8 Å². The average molecular weight is 166 g/mol. The van der Waals surface area contributed by atoms with Gasteiger partial charge in [0.25, 0.3) is 0 Å². The molecule has 1 rings (SSSR count). The van der Waals surface area contributed by atoms with Gasteiger partial charge in [0.05, 0.1) is 0 Å². The summed E-state index contributed by atoms with van der Waals surface area (Å²) in [4.78, 5) is 2.43. The summed E-state index contributed by atoms with van der Waals surface area (Å²) in [5.74, 6) is 0. The lowest BCUT2D eigenvalue weighted by Crippen LogP contribution is -2.28. The number of hydrogen-bond donors (Lipinski definition) is 1. The van der Waals surface area contributed by atoms with Crippen molar-refractivity contribution in [2.75, 3.05) is 26.2 Å². The maximum atomic E-state index is 5.43. The minimum absolute atomic E-state index is 0.662. The maximum Gasteiger partial charge on any atom is 0.0193 e. The Hall–Kier alpha value is -0.600. The fourth-order valence-corrected chi connectivity index (χ4v) is 1.45. The van der Waals surface area contributed by atoms with Gasteiger partial charge in [-0.2, -0.15) is 0 Å². The first kappa shape index (κ1) is 9.49. The maximum absolute atomic E-state index is 5.43. The van der Waals surface area contributed by atoms with E-state index in [2.05, 4.69) is 30.1 Å². The zero-order valence-corrected chi connectivity index (χ0v) is 7.79.